The molecular weight excluding hydrogens is 512 g/mol. The Morgan fingerprint density at radius 2 is 1.73 bits per heavy atom. The topological polar surface area (TPSA) is 105 Å². The number of benzene rings is 3. The van der Waals surface area contributed by atoms with Crippen molar-refractivity contribution in [3.63, 3.8) is 0 Å². The largest absolute Gasteiger partial charge is 0.489 e. The molecule has 188 valence electrons. The first kappa shape index (κ1) is 25.9. The van der Waals surface area contributed by atoms with E-state index in [9.17, 15) is 14.4 Å². The van der Waals surface area contributed by atoms with E-state index in [2.05, 4.69) is 5.43 Å². The van der Waals surface area contributed by atoms with Crippen molar-refractivity contribution in [2.24, 2.45) is 0 Å². The van der Waals surface area contributed by atoms with E-state index in [0.717, 1.165) is 22.3 Å². The minimum absolute atomic E-state index is 0.159. The summed E-state index contributed by atoms with van der Waals surface area (Å²) < 4.78 is 11.2. The van der Waals surface area contributed by atoms with Gasteiger partial charge >= 0.3 is 5.97 Å². The van der Waals surface area contributed by atoms with Crippen LogP contribution in [-0.2, 0) is 16.2 Å². The maximum atomic E-state index is 12.9. The van der Waals surface area contributed by atoms with E-state index >= 15 is 0 Å². The van der Waals surface area contributed by atoms with E-state index in [0.29, 0.717) is 29.2 Å². The van der Waals surface area contributed by atoms with Crippen molar-refractivity contribution in [3.05, 3.63) is 100.0 Å². The van der Waals surface area contributed by atoms with Gasteiger partial charge in [-0.1, -0.05) is 59.8 Å². The van der Waals surface area contributed by atoms with Crippen LogP contribution in [0.1, 0.15) is 27.0 Å². The van der Waals surface area contributed by atoms with Gasteiger partial charge in [0, 0.05) is 11.1 Å². The number of carboxylic acid groups (broad SMARTS) is 1. The number of amides is 2. The van der Waals surface area contributed by atoms with Crippen LogP contribution in [0, 0.1) is 6.92 Å². The van der Waals surface area contributed by atoms with Crippen LogP contribution >= 0.6 is 24.0 Å². The summed E-state index contributed by atoms with van der Waals surface area (Å²) in [5.41, 5.74) is 5.58. The van der Waals surface area contributed by atoms with Crippen molar-refractivity contribution >= 4 is 52.2 Å². The maximum absolute atomic E-state index is 12.9. The number of thiocarbonyl (C=S) groups is 1. The summed E-state index contributed by atoms with van der Waals surface area (Å²) in [6.07, 6.45) is 1.54. The predicted octanol–water partition coefficient (Wildman–Crippen LogP) is 4.58. The van der Waals surface area contributed by atoms with Crippen LogP contribution in [0.5, 0.6) is 11.5 Å². The average molecular weight is 535 g/mol. The molecule has 10 heteroatoms. The molecule has 0 bridgehead atoms. The number of hydrazine groups is 1. The lowest BCUT2D eigenvalue weighted by atomic mass is 10.2. The summed E-state index contributed by atoms with van der Waals surface area (Å²) >= 11 is 6.31. The number of nitrogens with zero attached hydrogens (tertiary/aromatic N) is 1. The molecule has 1 aliphatic rings. The second-order valence-corrected chi connectivity index (χ2v) is 9.65. The molecule has 0 aliphatic carbocycles. The van der Waals surface area contributed by atoms with Gasteiger partial charge < -0.3 is 14.6 Å². The minimum Gasteiger partial charge on any atom is -0.489 e. The molecule has 2 N–H and O–H groups in total. The lowest BCUT2D eigenvalue weighted by Crippen LogP contribution is -2.44. The molecule has 0 aromatic heterocycles. The van der Waals surface area contributed by atoms with Crippen molar-refractivity contribution in [3.8, 4) is 11.5 Å². The number of nitrogens with one attached hydrogen (secondary N) is 1. The van der Waals surface area contributed by atoms with Gasteiger partial charge in [-0.15, -0.1) is 0 Å². The number of carboxylic acids is 1. The molecule has 0 atom stereocenters. The zero-order chi connectivity index (χ0) is 26.4. The van der Waals surface area contributed by atoms with Gasteiger partial charge in [0.2, 0.25) is 0 Å². The molecule has 4 rings (SSSR count). The van der Waals surface area contributed by atoms with Crippen molar-refractivity contribution < 1.29 is 29.0 Å². The quantitative estimate of drug-likeness (QED) is 0.304. The molecular formula is C27H22N2O6S2. The number of aryl methyl sites for hydroxylation is 1. The van der Waals surface area contributed by atoms with Crippen LogP contribution in [0.4, 0.5) is 0 Å². The van der Waals surface area contributed by atoms with Crippen molar-refractivity contribution in [1.29, 1.82) is 0 Å². The second-order valence-electron chi connectivity index (χ2n) is 7.98. The standard InChI is InChI=1S/C27H22N2O6S2/c1-17-6-8-18(9-7-17)15-34-21-12-10-19(11-13-21)25(32)28-29-26(33)23(37-27(29)36)14-20-4-2-3-5-22(20)35-16-24(30)31/h2-14H,15-16H2,1H3,(H,28,32)(H,30,31)/b23-14+. The Bertz CT molecular complexity index is 1370. The molecule has 1 heterocycles. The van der Waals surface area contributed by atoms with Gasteiger partial charge in [0.15, 0.2) is 10.9 Å². The van der Waals surface area contributed by atoms with Crippen LogP contribution < -0.4 is 14.9 Å². The monoisotopic (exact) mass is 534 g/mol. The lowest BCUT2D eigenvalue weighted by Gasteiger charge is -2.16. The number of para-hydroxylation sites is 1. The van der Waals surface area contributed by atoms with E-state index in [-0.39, 0.29) is 9.23 Å². The highest BCUT2D eigenvalue weighted by atomic mass is 32.2. The third kappa shape index (κ3) is 6.75. The highest BCUT2D eigenvalue weighted by molar-refractivity contribution is 8.26. The number of carbonyl (C=O) groups is 3. The Morgan fingerprint density at radius 3 is 2.43 bits per heavy atom. The Labute approximate surface area is 222 Å². The van der Waals surface area contributed by atoms with Crippen LogP contribution in [0.15, 0.2) is 77.7 Å². The summed E-state index contributed by atoms with van der Waals surface area (Å²) in [7, 11) is 0. The molecule has 1 saturated heterocycles. The van der Waals surface area contributed by atoms with Crippen LogP contribution in [0.3, 0.4) is 0 Å². The van der Waals surface area contributed by atoms with Gasteiger partial charge in [-0.25, -0.2) is 4.79 Å². The first-order chi connectivity index (χ1) is 17.8. The van der Waals surface area contributed by atoms with Crippen molar-refractivity contribution in [2.45, 2.75) is 13.5 Å². The molecule has 37 heavy (non-hydrogen) atoms. The highest BCUT2D eigenvalue weighted by Crippen LogP contribution is 2.33. The fraction of sp³-hybridized carbons (Fsp3) is 0.111. The SMILES string of the molecule is Cc1ccc(COc2ccc(C(=O)NN3C(=O)/C(=C\c4ccccc4OCC(=O)O)SC3=S)cc2)cc1. The van der Waals surface area contributed by atoms with Crippen LogP contribution in [0.25, 0.3) is 6.08 Å². The van der Waals surface area contributed by atoms with E-state index < -0.39 is 24.4 Å². The Morgan fingerprint density at radius 1 is 1.03 bits per heavy atom. The molecule has 0 spiro atoms. The Kier molecular flexibility index (Phi) is 8.22. The Hall–Kier alpha value is -4.15. The zero-order valence-corrected chi connectivity index (χ0v) is 21.3. The summed E-state index contributed by atoms with van der Waals surface area (Å²) in [5, 5.41) is 9.88. The number of aliphatic carboxylic acids is 1. The molecule has 1 fully saturated rings. The van der Waals surface area contributed by atoms with Gasteiger partial charge in [-0.3, -0.25) is 15.0 Å². The van der Waals surface area contributed by atoms with Crippen LogP contribution in [-0.4, -0.2) is 38.8 Å². The predicted molar refractivity (Wildman–Crippen MR) is 144 cm³/mol. The summed E-state index contributed by atoms with van der Waals surface area (Å²) in [6, 6.07) is 21.3. The number of ether oxygens (including phenoxy) is 2. The van der Waals surface area contributed by atoms with Gasteiger partial charge in [0.25, 0.3) is 11.8 Å². The molecule has 0 unspecified atom stereocenters. The number of rotatable bonds is 9. The molecule has 2 amide bonds. The van der Waals surface area contributed by atoms with Gasteiger partial charge in [0.05, 0.1) is 4.91 Å². The summed E-state index contributed by atoms with van der Waals surface area (Å²) in [6.45, 7) is 1.91. The Balaban J connectivity index is 1.39. The molecule has 3 aromatic carbocycles. The number of thioether (sulfide) groups is 1. The maximum Gasteiger partial charge on any atom is 0.341 e. The molecule has 8 nitrogen and oxygen atoms in total. The van der Waals surface area contributed by atoms with Gasteiger partial charge in [-0.05, 0) is 61.1 Å². The first-order valence-electron chi connectivity index (χ1n) is 11.1. The number of carbonyl (C=O) groups excluding carboxylic acids is 2. The molecule has 1 aliphatic heterocycles. The van der Waals surface area contributed by atoms with Crippen molar-refractivity contribution in [2.75, 3.05) is 6.61 Å². The van der Waals surface area contributed by atoms with Gasteiger partial charge in [-0.2, -0.15) is 5.01 Å². The first-order valence-corrected chi connectivity index (χ1v) is 12.3. The van der Waals surface area contributed by atoms with Gasteiger partial charge in [0.1, 0.15) is 18.1 Å². The second kappa shape index (κ2) is 11.7. The molecule has 3 aromatic rings. The van der Waals surface area contributed by atoms with Crippen LogP contribution in [0.2, 0.25) is 0 Å². The van der Waals surface area contributed by atoms with E-state index in [1.54, 1.807) is 54.6 Å². The minimum atomic E-state index is -1.12. The van der Waals surface area contributed by atoms with E-state index in [1.807, 2.05) is 31.2 Å². The third-order valence-corrected chi connectivity index (χ3v) is 6.51. The average Bonchev–Trinajstić information content (AvgIpc) is 3.15. The highest BCUT2D eigenvalue weighted by Gasteiger charge is 2.34. The zero-order valence-electron chi connectivity index (χ0n) is 19.7. The fourth-order valence-corrected chi connectivity index (χ4v) is 4.47. The fourth-order valence-electron chi connectivity index (χ4n) is 3.30. The number of hydrogen-bond acceptors (Lipinski definition) is 7. The smallest absolute Gasteiger partial charge is 0.341 e. The molecule has 0 radical (unpaired) electrons. The summed E-state index contributed by atoms with van der Waals surface area (Å²) in [4.78, 5) is 36.8. The van der Waals surface area contributed by atoms with E-state index in [4.69, 9.17) is 26.8 Å². The molecule has 0 saturated carbocycles. The number of hydrogen-bond donors (Lipinski definition) is 2. The van der Waals surface area contributed by atoms with E-state index in [1.165, 1.54) is 5.56 Å². The summed E-state index contributed by atoms with van der Waals surface area (Å²) in [5.74, 6) is -1.21. The third-order valence-electron chi connectivity index (χ3n) is 5.21. The lowest BCUT2D eigenvalue weighted by molar-refractivity contribution is -0.139. The van der Waals surface area contributed by atoms with Crippen molar-refractivity contribution in [1.82, 2.24) is 10.4 Å². The normalized spacial score (nSPS) is 14.1.